The van der Waals surface area contributed by atoms with Gasteiger partial charge in [0.2, 0.25) is 5.91 Å². The van der Waals surface area contributed by atoms with E-state index in [9.17, 15) is 4.79 Å². The number of rotatable bonds is 6. The van der Waals surface area contributed by atoms with Crippen LogP contribution < -0.4 is 4.90 Å². The fourth-order valence-corrected chi connectivity index (χ4v) is 4.93. The maximum Gasteiger partial charge on any atom is 0.230 e. The summed E-state index contributed by atoms with van der Waals surface area (Å²) in [5.41, 5.74) is 3.75. The lowest BCUT2D eigenvalue weighted by molar-refractivity contribution is -0.122. The molecular formula is C26H35ClN2O. The molecular weight excluding hydrogens is 392 g/mol. The van der Waals surface area contributed by atoms with Crippen LogP contribution >= 0.6 is 12.4 Å². The lowest BCUT2D eigenvalue weighted by Crippen LogP contribution is -2.49. The Labute approximate surface area is 187 Å². The minimum Gasteiger partial charge on any atom is -0.309 e. The lowest BCUT2D eigenvalue weighted by atomic mass is 9.98. The summed E-state index contributed by atoms with van der Waals surface area (Å²) in [6.45, 7) is 5.38. The molecule has 2 aromatic rings. The molecule has 2 aromatic carbocycles. The first-order chi connectivity index (χ1) is 14.2. The van der Waals surface area contributed by atoms with Gasteiger partial charge in [-0.1, -0.05) is 60.9 Å². The Morgan fingerprint density at radius 3 is 2.20 bits per heavy atom. The summed E-state index contributed by atoms with van der Waals surface area (Å²) >= 11 is 0. The molecule has 3 nitrogen and oxygen atoms in total. The van der Waals surface area contributed by atoms with Crippen molar-refractivity contribution in [1.82, 2.24) is 4.90 Å². The molecule has 1 saturated heterocycles. The second kappa shape index (κ2) is 11.0. The third-order valence-electron chi connectivity index (χ3n) is 6.74. The second-order valence-corrected chi connectivity index (χ2v) is 8.83. The van der Waals surface area contributed by atoms with Crippen LogP contribution in [0, 0.1) is 12.8 Å². The second-order valence-electron chi connectivity index (χ2n) is 8.83. The number of amides is 1. The Bertz CT molecular complexity index is 778. The van der Waals surface area contributed by atoms with Crippen LogP contribution in [0.2, 0.25) is 0 Å². The van der Waals surface area contributed by atoms with Gasteiger partial charge in [-0.15, -0.1) is 12.4 Å². The SMILES string of the molecule is Cc1ccc(N(C(=O)C2CCCC2)C2CCN(CCc3ccccc3)CC2)cc1.Cl. The molecule has 1 aliphatic carbocycles. The van der Waals surface area contributed by atoms with Crippen molar-refractivity contribution >= 4 is 24.0 Å². The molecule has 1 amide bonds. The highest BCUT2D eigenvalue weighted by Gasteiger charge is 2.34. The fourth-order valence-electron chi connectivity index (χ4n) is 4.93. The van der Waals surface area contributed by atoms with Crippen molar-refractivity contribution in [2.45, 2.75) is 57.9 Å². The highest BCUT2D eigenvalue weighted by atomic mass is 35.5. The van der Waals surface area contributed by atoms with E-state index in [4.69, 9.17) is 0 Å². The number of hydrogen-bond acceptors (Lipinski definition) is 2. The maximum atomic E-state index is 13.4. The van der Waals surface area contributed by atoms with Crippen LogP contribution in [0.15, 0.2) is 54.6 Å². The van der Waals surface area contributed by atoms with Crippen LogP contribution in [0.3, 0.4) is 0 Å². The van der Waals surface area contributed by atoms with E-state index < -0.39 is 0 Å². The van der Waals surface area contributed by atoms with Gasteiger partial charge in [0.05, 0.1) is 0 Å². The number of likely N-dealkylation sites (tertiary alicyclic amines) is 1. The van der Waals surface area contributed by atoms with Crippen LogP contribution in [0.5, 0.6) is 0 Å². The Kier molecular flexibility index (Phi) is 8.35. The lowest BCUT2D eigenvalue weighted by Gasteiger charge is -2.39. The number of benzene rings is 2. The van der Waals surface area contributed by atoms with Crippen molar-refractivity contribution in [3.8, 4) is 0 Å². The van der Waals surface area contributed by atoms with E-state index in [0.29, 0.717) is 11.9 Å². The van der Waals surface area contributed by atoms with Gasteiger partial charge in [-0.3, -0.25) is 4.79 Å². The summed E-state index contributed by atoms with van der Waals surface area (Å²) in [4.78, 5) is 18.2. The summed E-state index contributed by atoms with van der Waals surface area (Å²) in [5.74, 6) is 0.599. The third-order valence-corrected chi connectivity index (χ3v) is 6.74. The molecule has 2 fully saturated rings. The zero-order valence-corrected chi connectivity index (χ0v) is 18.9. The van der Waals surface area contributed by atoms with Gasteiger partial charge in [0, 0.05) is 37.3 Å². The molecule has 1 heterocycles. The molecule has 162 valence electrons. The molecule has 0 atom stereocenters. The third kappa shape index (κ3) is 5.65. The predicted octanol–water partition coefficient (Wildman–Crippen LogP) is 5.65. The molecule has 0 aromatic heterocycles. The minimum atomic E-state index is 0. The van der Waals surface area contributed by atoms with Crippen molar-refractivity contribution in [3.63, 3.8) is 0 Å². The standard InChI is InChI=1S/C26H34N2O.ClH/c1-21-11-13-24(14-12-21)28(26(29)23-9-5-6-10-23)25-16-19-27(20-17-25)18-15-22-7-3-2-4-8-22;/h2-4,7-8,11-14,23,25H,5-6,9-10,15-20H2,1H3;1H. The van der Waals surface area contributed by atoms with E-state index in [2.05, 4.69) is 71.3 Å². The van der Waals surface area contributed by atoms with Gasteiger partial charge in [0.1, 0.15) is 0 Å². The van der Waals surface area contributed by atoms with Crippen molar-refractivity contribution in [3.05, 3.63) is 65.7 Å². The summed E-state index contributed by atoms with van der Waals surface area (Å²) in [5, 5.41) is 0. The van der Waals surface area contributed by atoms with Crippen LogP contribution in [0.4, 0.5) is 5.69 Å². The van der Waals surface area contributed by atoms with Gasteiger partial charge in [-0.05, 0) is 56.7 Å². The first-order valence-electron chi connectivity index (χ1n) is 11.4. The summed E-state index contributed by atoms with van der Waals surface area (Å²) in [6.07, 6.45) is 7.79. The number of aryl methyl sites for hydroxylation is 1. The van der Waals surface area contributed by atoms with E-state index in [1.807, 2.05) is 0 Å². The van der Waals surface area contributed by atoms with Crippen molar-refractivity contribution in [2.24, 2.45) is 5.92 Å². The molecule has 0 N–H and O–H groups in total. The van der Waals surface area contributed by atoms with Crippen molar-refractivity contribution in [1.29, 1.82) is 0 Å². The summed E-state index contributed by atoms with van der Waals surface area (Å²) in [7, 11) is 0. The van der Waals surface area contributed by atoms with E-state index in [1.54, 1.807) is 0 Å². The van der Waals surface area contributed by atoms with Gasteiger partial charge >= 0.3 is 0 Å². The zero-order chi connectivity index (χ0) is 20.1. The number of piperidine rings is 1. The van der Waals surface area contributed by atoms with Crippen LogP contribution in [0.1, 0.15) is 49.7 Å². The Balaban J connectivity index is 0.00000256. The van der Waals surface area contributed by atoms with Crippen LogP contribution in [-0.4, -0.2) is 36.5 Å². The molecule has 1 saturated carbocycles. The zero-order valence-electron chi connectivity index (χ0n) is 18.1. The first kappa shape index (κ1) is 22.8. The average molecular weight is 427 g/mol. The van der Waals surface area contributed by atoms with Crippen molar-refractivity contribution in [2.75, 3.05) is 24.5 Å². The highest BCUT2D eigenvalue weighted by molar-refractivity contribution is 5.95. The quantitative estimate of drug-likeness (QED) is 0.596. The maximum absolute atomic E-state index is 13.4. The molecule has 1 aliphatic heterocycles. The number of nitrogens with zero attached hydrogens (tertiary/aromatic N) is 2. The number of halogens is 1. The first-order valence-corrected chi connectivity index (χ1v) is 11.4. The summed E-state index contributed by atoms with van der Waals surface area (Å²) in [6, 6.07) is 19.6. The Morgan fingerprint density at radius 1 is 0.933 bits per heavy atom. The number of anilines is 1. The molecule has 0 bridgehead atoms. The molecule has 30 heavy (non-hydrogen) atoms. The van der Waals surface area contributed by atoms with Crippen molar-refractivity contribution < 1.29 is 4.79 Å². The Morgan fingerprint density at radius 2 is 1.57 bits per heavy atom. The van der Waals surface area contributed by atoms with E-state index in [-0.39, 0.29) is 18.3 Å². The van der Waals surface area contributed by atoms with Gasteiger partial charge < -0.3 is 9.80 Å². The van der Waals surface area contributed by atoms with Crippen LogP contribution in [-0.2, 0) is 11.2 Å². The van der Waals surface area contributed by atoms with Gasteiger partial charge in [-0.2, -0.15) is 0 Å². The molecule has 0 radical (unpaired) electrons. The molecule has 4 heteroatoms. The van der Waals surface area contributed by atoms with Gasteiger partial charge in [0.15, 0.2) is 0 Å². The molecule has 0 unspecified atom stereocenters. The number of hydrogen-bond donors (Lipinski definition) is 0. The molecule has 0 spiro atoms. The van der Waals surface area contributed by atoms with E-state index in [1.165, 1.54) is 24.0 Å². The topological polar surface area (TPSA) is 23.6 Å². The number of carbonyl (C=O) groups excluding carboxylic acids is 1. The Hall–Kier alpha value is -1.84. The fraction of sp³-hybridized carbons (Fsp3) is 0.500. The van der Waals surface area contributed by atoms with Gasteiger partial charge in [-0.25, -0.2) is 0 Å². The van der Waals surface area contributed by atoms with E-state index in [0.717, 1.165) is 57.4 Å². The minimum absolute atomic E-state index is 0. The van der Waals surface area contributed by atoms with Gasteiger partial charge in [0.25, 0.3) is 0 Å². The monoisotopic (exact) mass is 426 g/mol. The normalized spacial score (nSPS) is 18.2. The molecule has 2 aliphatic rings. The highest BCUT2D eigenvalue weighted by Crippen LogP contribution is 2.32. The predicted molar refractivity (Wildman–Crippen MR) is 127 cm³/mol. The van der Waals surface area contributed by atoms with E-state index >= 15 is 0 Å². The smallest absolute Gasteiger partial charge is 0.230 e. The number of carbonyl (C=O) groups is 1. The van der Waals surface area contributed by atoms with Crippen LogP contribution in [0.25, 0.3) is 0 Å². The average Bonchev–Trinajstić information content (AvgIpc) is 3.30. The molecule has 4 rings (SSSR count). The summed E-state index contributed by atoms with van der Waals surface area (Å²) < 4.78 is 0. The largest absolute Gasteiger partial charge is 0.309 e.